The summed E-state index contributed by atoms with van der Waals surface area (Å²) in [6.45, 7) is 3.68. The molecule has 10 heteroatoms. The van der Waals surface area contributed by atoms with Gasteiger partial charge in [0.15, 0.2) is 12.4 Å². The number of esters is 2. The second kappa shape index (κ2) is 12.5. The minimum atomic E-state index is -1.24. The van der Waals surface area contributed by atoms with Crippen molar-refractivity contribution in [2.24, 2.45) is 0 Å². The van der Waals surface area contributed by atoms with Crippen LogP contribution in [0.4, 0.5) is 0 Å². The number of benzene rings is 2. The highest BCUT2D eigenvalue weighted by molar-refractivity contribution is 5.93. The van der Waals surface area contributed by atoms with Crippen LogP contribution in [0.1, 0.15) is 41.0 Å². The lowest BCUT2D eigenvalue weighted by Gasteiger charge is -2.27. The van der Waals surface area contributed by atoms with Gasteiger partial charge in [0.1, 0.15) is 47.5 Å². The smallest absolute Gasteiger partial charge is 0.342 e. The third-order valence-electron chi connectivity index (χ3n) is 5.33. The Bertz CT molecular complexity index is 994. The fraction of sp³-hybridized carbons (Fsp3) is 0.440. The summed E-state index contributed by atoms with van der Waals surface area (Å²) in [4.78, 5) is 25.4. The van der Waals surface area contributed by atoms with Crippen LogP contribution in [0.2, 0.25) is 0 Å². The Morgan fingerprint density at radius 3 is 2.11 bits per heavy atom. The molecule has 3 N–H and O–H groups in total. The standard InChI is InChI=1S/C25H30O10/c1-3-13-32-22-20(28)25(31-4-2)35-21(22)19(34-24(30)16-10-6-8-12-18(16)27)14-33-23(29)15-9-5-7-11-17(15)26/h5-12,19-22,25-28H,3-4,13-14H2,1-2H3/t19-,20-,21-,22-,25?/m1/s1. The summed E-state index contributed by atoms with van der Waals surface area (Å²) in [6, 6.07) is 11.6. The summed E-state index contributed by atoms with van der Waals surface area (Å²) < 4.78 is 28.0. The SMILES string of the molecule is CCCO[C@H]1[C@@H]([C@@H](COC(=O)c2ccccc2O)OC(=O)c2ccccc2O)OC(OCC)[C@@H]1O. The number of hydrogen-bond donors (Lipinski definition) is 3. The van der Waals surface area contributed by atoms with Gasteiger partial charge < -0.3 is 39.0 Å². The Balaban J connectivity index is 1.85. The van der Waals surface area contributed by atoms with Crippen molar-refractivity contribution in [3.63, 3.8) is 0 Å². The second-order valence-electron chi connectivity index (χ2n) is 7.83. The number of carbonyl (C=O) groups is 2. The number of aliphatic hydroxyl groups excluding tert-OH is 1. The van der Waals surface area contributed by atoms with E-state index < -0.39 is 49.3 Å². The van der Waals surface area contributed by atoms with Gasteiger partial charge in [0.25, 0.3) is 0 Å². The van der Waals surface area contributed by atoms with Crippen molar-refractivity contribution in [3.05, 3.63) is 59.7 Å². The van der Waals surface area contributed by atoms with Crippen molar-refractivity contribution in [2.45, 2.75) is 51.0 Å². The Morgan fingerprint density at radius 1 is 0.943 bits per heavy atom. The van der Waals surface area contributed by atoms with Crippen LogP contribution in [0.3, 0.4) is 0 Å². The Morgan fingerprint density at radius 2 is 1.54 bits per heavy atom. The zero-order valence-electron chi connectivity index (χ0n) is 19.5. The molecule has 5 atom stereocenters. The molecule has 0 aliphatic carbocycles. The molecule has 0 saturated carbocycles. The summed E-state index contributed by atoms with van der Waals surface area (Å²) in [5, 5.41) is 30.7. The largest absolute Gasteiger partial charge is 0.507 e. The van der Waals surface area contributed by atoms with E-state index in [4.69, 9.17) is 23.7 Å². The van der Waals surface area contributed by atoms with Gasteiger partial charge in [-0.05, 0) is 37.6 Å². The van der Waals surface area contributed by atoms with Gasteiger partial charge in [-0.25, -0.2) is 9.59 Å². The molecule has 1 aliphatic rings. The first-order chi connectivity index (χ1) is 16.9. The monoisotopic (exact) mass is 490 g/mol. The normalized spacial score (nSPS) is 22.5. The van der Waals surface area contributed by atoms with E-state index in [-0.39, 0.29) is 35.8 Å². The number of aromatic hydroxyl groups is 2. The quantitative estimate of drug-likeness (QED) is 0.402. The van der Waals surface area contributed by atoms with Gasteiger partial charge in [0, 0.05) is 13.2 Å². The molecule has 2 aromatic rings. The Labute approximate surface area is 203 Å². The minimum Gasteiger partial charge on any atom is -0.507 e. The van der Waals surface area contributed by atoms with Crippen LogP contribution < -0.4 is 0 Å². The van der Waals surface area contributed by atoms with Gasteiger partial charge in [0.05, 0.1) is 0 Å². The number of ether oxygens (including phenoxy) is 5. The van der Waals surface area contributed by atoms with Crippen molar-refractivity contribution in [2.75, 3.05) is 19.8 Å². The summed E-state index contributed by atoms with van der Waals surface area (Å²) in [5.74, 6) is -2.30. The highest BCUT2D eigenvalue weighted by Gasteiger charge is 2.50. The lowest BCUT2D eigenvalue weighted by molar-refractivity contribution is -0.179. The van der Waals surface area contributed by atoms with Crippen molar-refractivity contribution in [1.82, 2.24) is 0 Å². The Kier molecular flexibility index (Phi) is 9.44. The van der Waals surface area contributed by atoms with Crippen molar-refractivity contribution >= 4 is 11.9 Å². The van der Waals surface area contributed by atoms with E-state index in [0.29, 0.717) is 6.42 Å². The number of aliphatic hydroxyl groups is 1. The molecule has 0 amide bonds. The first-order valence-corrected chi connectivity index (χ1v) is 11.4. The third kappa shape index (κ3) is 6.49. The highest BCUT2D eigenvalue weighted by atomic mass is 16.7. The summed E-state index contributed by atoms with van der Waals surface area (Å²) in [6.07, 6.45) is -4.82. The molecule has 1 unspecified atom stereocenters. The van der Waals surface area contributed by atoms with E-state index >= 15 is 0 Å². The maximum absolute atomic E-state index is 12.9. The predicted molar refractivity (Wildman–Crippen MR) is 122 cm³/mol. The molecule has 190 valence electrons. The molecule has 0 bridgehead atoms. The zero-order chi connectivity index (χ0) is 25.4. The molecular weight excluding hydrogens is 460 g/mol. The van der Waals surface area contributed by atoms with Gasteiger partial charge in [0.2, 0.25) is 0 Å². The molecule has 0 radical (unpaired) electrons. The highest BCUT2D eigenvalue weighted by Crippen LogP contribution is 2.30. The molecule has 0 spiro atoms. The van der Waals surface area contributed by atoms with Crippen LogP contribution in [0.5, 0.6) is 11.5 Å². The fourth-order valence-electron chi connectivity index (χ4n) is 3.64. The van der Waals surface area contributed by atoms with Crippen molar-refractivity contribution < 1.29 is 48.6 Å². The summed E-state index contributed by atoms with van der Waals surface area (Å²) in [7, 11) is 0. The molecule has 35 heavy (non-hydrogen) atoms. The van der Waals surface area contributed by atoms with E-state index in [0.717, 1.165) is 0 Å². The van der Waals surface area contributed by atoms with E-state index in [1.54, 1.807) is 31.2 Å². The molecule has 1 aliphatic heterocycles. The first-order valence-electron chi connectivity index (χ1n) is 11.4. The number of hydrogen-bond acceptors (Lipinski definition) is 10. The second-order valence-corrected chi connectivity index (χ2v) is 7.83. The summed E-state index contributed by atoms with van der Waals surface area (Å²) in [5.41, 5.74) is -0.174. The average molecular weight is 491 g/mol. The number of para-hydroxylation sites is 2. The lowest BCUT2D eigenvalue weighted by Crippen LogP contribution is -2.45. The van der Waals surface area contributed by atoms with Crippen LogP contribution in [-0.2, 0) is 23.7 Å². The number of phenols is 2. The topological polar surface area (TPSA) is 141 Å². The summed E-state index contributed by atoms with van der Waals surface area (Å²) >= 11 is 0. The Hall–Kier alpha value is -3.18. The predicted octanol–water partition coefficient (Wildman–Crippen LogP) is 2.40. The molecule has 1 fully saturated rings. The molecule has 1 heterocycles. The van der Waals surface area contributed by atoms with Gasteiger partial charge in [-0.3, -0.25) is 0 Å². The molecule has 3 rings (SSSR count). The lowest BCUT2D eigenvalue weighted by atomic mass is 10.1. The van der Waals surface area contributed by atoms with Crippen LogP contribution in [0, 0.1) is 0 Å². The first kappa shape index (κ1) is 26.4. The molecule has 1 saturated heterocycles. The third-order valence-corrected chi connectivity index (χ3v) is 5.33. The van der Waals surface area contributed by atoms with Gasteiger partial charge >= 0.3 is 11.9 Å². The molecular formula is C25H30O10. The molecule has 2 aromatic carbocycles. The van der Waals surface area contributed by atoms with E-state index in [2.05, 4.69) is 0 Å². The average Bonchev–Trinajstić information content (AvgIpc) is 3.15. The number of carbonyl (C=O) groups excluding carboxylic acids is 2. The number of rotatable bonds is 11. The zero-order valence-corrected chi connectivity index (χ0v) is 19.5. The maximum atomic E-state index is 12.9. The molecule has 10 nitrogen and oxygen atoms in total. The van der Waals surface area contributed by atoms with Crippen LogP contribution in [-0.4, -0.2) is 77.8 Å². The van der Waals surface area contributed by atoms with Gasteiger partial charge in [-0.2, -0.15) is 0 Å². The number of phenolic OH excluding ortho intramolecular Hbond substituents is 2. The minimum absolute atomic E-state index is 0.0726. The fourth-order valence-corrected chi connectivity index (χ4v) is 3.64. The van der Waals surface area contributed by atoms with Gasteiger partial charge in [-0.15, -0.1) is 0 Å². The van der Waals surface area contributed by atoms with Crippen LogP contribution in [0.25, 0.3) is 0 Å². The van der Waals surface area contributed by atoms with E-state index in [1.165, 1.54) is 24.3 Å². The van der Waals surface area contributed by atoms with Crippen molar-refractivity contribution in [1.29, 1.82) is 0 Å². The molecule has 0 aromatic heterocycles. The van der Waals surface area contributed by atoms with Crippen LogP contribution in [0.15, 0.2) is 48.5 Å². The van der Waals surface area contributed by atoms with Crippen molar-refractivity contribution in [3.8, 4) is 11.5 Å². The van der Waals surface area contributed by atoms with Gasteiger partial charge in [-0.1, -0.05) is 31.2 Å². The van der Waals surface area contributed by atoms with Crippen LogP contribution >= 0.6 is 0 Å². The van der Waals surface area contributed by atoms with E-state index in [9.17, 15) is 24.9 Å². The van der Waals surface area contributed by atoms with E-state index in [1.807, 2.05) is 6.92 Å². The maximum Gasteiger partial charge on any atom is 0.342 e.